The number of H-pyrrole nitrogens is 2. The molecule has 1 aliphatic rings. The van der Waals surface area contributed by atoms with Crippen LogP contribution in [0.1, 0.15) is 36.1 Å². The molecule has 1 saturated heterocycles. The lowest BCUT2D eigenvalue weighted by molar-refractivity contribution is 0.192. The van der Waals surface area contributed by atoms with Crippen LogP contribution in [0.2, 0.25) is 0 Å². The van der Waals surface area contributed by atoms with Crippen molar-refractivity contribution in [1.29, 1.82) is 0 Å². The first kappa shape index (κ1) is 15.8. The van der Waals surface area contributed by atoms with E-state index >= 15 is 0 Å². The normalized spacial score (nSPS) is 18.5. The number of aromatic amines is 2. The van der Waals surface area contributed by atoms with Gasteiger partial charge in [0.15, 0.2) is 0 Å². The lowest BCUT2D eigenvalue weighted by Crippen LogP contribution is -2.35. The number of benzene rings is 1. The van der Waals surface area contributed by atoms with Gasteiger partial charge in [-0.3, -0.25) is 4.90 Å². The molecule has 1 aliphatic heterocycles. The van der Waals surface area contributed by atoms with Crippen molar-refractivity contribution in [1.82, 2.24) is 29.6 Å². The first-order chi connectivity index (χ1) is 12.2. The number of hydrogen-bond acceptors (Lipinski definition) is 4. The summed E-state index contributed by atoms with van der Waals surface area (Å²) in [6, 6.07) is 9.69. The average molecular weight is 338 g/mol. The average Bonchev–Trinajstić information content (AvgIpc) is 3.21. The Kier molecular flexibility index (Phi) is 4.23. The molecule has 3 aromatic rings. The number of nitrogens with zero attached hydrogens (tertiary/aromatic N) is 4. The number of hydrogen-bond donors (Lipinski definition) is 2. The molecule has 1 fully saturated rings. The summed E-state index contributed by atoms with van der Waals surface area (Å²) in [6.45, 7) is 4.72. The summed E-state index contributed by atoms with van der Waals surface area (Å²) < 4.78 is 1.70. The third kappa shape index (κ3) is 3.28. The van der Waals surface area contributed by atoms with Crippen LogP contribution in [0, 0.1) is 6.92 Å². The van der Waals surface area contributed by atoms with Crippen LogP contribution >= 0.6 is 0 Å². The Balaban J connectivity index is 1.57. The zero-order chi connectivity index (χ0) is 17.2. The molecular formula is C18H22N6O. The fourth-order valence-electron chi connectivity index (χ4n) is 3.58. The summed E-state index contributed by atoms with van der Waals surface area (Å²) in [5.41, 5.74) is 1.75. The van der Waals surface area contributed by atoms with E-state index in [1.165, 1.54) is 0 Å². The van der Waals surface area contributed by atoms with Crippen molar-refractivity contribution in [3.05, 3.63) is 64.4 Å². The SMILES string of the molecule is Cc1cnc(CN2CCC[C@H](c3n[nH]c(=O)n3-c3ccccc3)C2)[nH]1. The van der Waals surface area contributed by atoms with Crippen molar-refractivity contribution < 1.29 is 0 Å². The zero-order valence-electron chi connectivity index (χ0n) is 14.3. The van der Waals surface area contributed by atoms with Crippen LogP contribution in [0.4, 0.5) is 0 Å². The van der Waals surface area contributed by atoms with Crippen molar-refractivity contribution in [3.8, 4) is 5.69 Å². The molecule has 130 valence electrons. The largest absolute Gasteiger partial charge is 0.347 e. The zero-order valence-corrected chi connectivity index (χ0v) is 14.3. The standard InChI is InChI=1S/C18H22N6O/c1-13-10-19-16(20-13)12-23-9-5-6-14(11-23)17-21-22-18(25)24(17)15-7-3-2-4-8-15/h2-4,7-8,10,14H,5-6,9,11-12H2,1H3,(H,19,20)(H,22,25)/t14-/m0/s1. The van der Waals surface area contributed by atoms with Crippen LogP contribution < -0.4 is 5.69 Å². The van der Waals surface area contributed by atoms with E-state index in [9.17, 15) is 4.79 Å². The number of aryl methyl sites for hydroxylation is 1. The molecule has 7 nitrogen and oxygen atoms in total. The van der Waals surface area contributed by atoms with E-state index in [2.05, 4.69) is 25.1 Å². The lowest BCUT2D eigenvalue weighted by atomic mass is 9.97. The van der Waals surface area contributed by atoms with Crippen LogP contribution in [0.3, 0.4) is 0 Å². The predicted molar refractivity (Wildman–Crippen MR) is 94.8 cm³/mol. The quantitative estimate of drug-likeness (QED) is 0.762. The number of likely N-dealkylation sites (tertiary alicyclic amines) is 1. The molecular weight excluding hydrogens is 316 g/mol. The van der Waals surface area contributed by atoms with Gasteiger partial charge in [0.05, 0.1) is 12.2 Å². The van der Waals surface area contributed by atoms with Crippen molar-refractivity contribution in [3.63, 3.8) is 0 Å². The minimum atomic E-state index is -0.181. The van der Waals surface area contributed by atoms with Gasteiger partial charge in [0.2, 0.25) is 0 Å². The van der Waals surface area contributed by atoms with Gasteiger partial charge in [-0.1, -0.05) is 18.2 Å². The highest BCUT2D eigenvalue weighted by Crippen LogP contribution is 2.26. The second-order valence-electron chi connectivity index (χ2n) is 6.65. The molecule has 0 aliphatic carbocycles. The summed E-state index contributed by atoms with van der Waals surface area (Å²) in [7, 11) is 0. The lowest BCUT2D eigenvalue weighted by Gasteiger charge is -2.31. The van der Waals surface area contributed by atoms with Gasteiger partial charge in [0.25, 0.3) is 0 Å². The van der Waals surface area contributed by atoms with E-state index in [4.69, 9.17) is 0 Å². The molecule has 2 N–H and O–H groups in total. The van der Waals surface area contributed by atoms with E-state index in [1.54, 1.807) is 4.57 Å². The smallest absolute Gasteiger partial charge is 0.345 e. The van der Waals surface area contributed by atoms with Gasteiger partial charge in [-0.2, -0.15) is 5.10 Å². The number of piperidine rings is 1. The molecule has 0 saturated carbocycles. The maximum atomic E-state index is 12.3. The summed E-state index contributed by atoms with van der Waals surface area (Å²) in [5.74, 6) is 2.03. The molecule has 2 aromatic heterocycles. The van der Waals surface area contributed by atoms with Crippen molar-refractivity contribution in [2.24, 2.45) is 0 Å². The number of imidazole rings is 1. The first-order valence-electron chi connectivity index (χ1n) is 8.66. The number of nitrogens with one attached hydrogen (secondary N) is 2. The summed E-state index contributed by atoms with van der Waals surface area (Å²) >= 11 is 0. The van der Waals surface area contributed by atoms with Crippen LogP contribution in [-0.2, 0) is 6.54 Å². The second-order valence-corrected chi connectivity index (χ2v) is 6.65. The molecule has 3 heterocycles. The highest BCUT2D eigenvalue weighted by atomic mass is 16.1. The number of aromatic nitrogens is 5. The van der Waals surface area contributed by atoms with Crippen LogP contribution in [0.25, 0.3) is 5.69 Å². The van der Waals surface area contributed by atoms with Gasteiger partial charge < -0.3 is 4.98 Å². The molecule has 25 heavy (non-hydrogen) atoms. The Morgan fingerprint density at radius 1 is 1.28 bits per heavy atom. The van der Waals surface area contributed by atoms with Gasteiger partial charge >= 0.3 is 5.69 Å². The number of para-hydroxylation sites is 1. The number of rotatable bonds is 4. The fourth-order valence-corrected chi connectivity index (χ4v) is 3.58. The van der Waals surface area contributed by atoms with Crippen molar-refractivity contribution in [2.75, 3.05) is 13.1 Å². The molecule has 0 unspecified atom stereocenters. The van der Waals surface area contributed by atoms with Gasteiger partial charge in [-0.25, -0.2) is 19.4 Å². The van der Waals surface area contributed by atoms with Gasteiger partial charge in [0, 0.05) is 24.4 Å². The van der Waals surface area contributed by atoms with Crippen molar-refractivity contribution >= 4 is 0 Å². The molecule has 4 rings (SSSR count). The van der Waals surface area contributed by atoms with E-state index in [0.29, 0.717) is 0 Å². The maximum absolute atomic E-state index is 12.3. The Hall–Kier alpha value is -2.67. The second kappa shape index (κ2) is 6.68. The summed E-state index contributed by atoms with van der Waals surface area (Å²) in [6.07, 6.45) is 3.97. The third-order valence-electron chi connectivity index (χ3n) is 4.71. The van der Waals surface area contributed by atoms with Gasteiger partial charge in [-0.05, 0) is 38.4 Å². The minimum Gasteiger partial charge on any atom is -0.345 e. The Bertz CT molecular complexity index is 894. The molecule has 0 amide bonds. The van der Waals surface area contributed by atoms with E-state index < -0.39 is 0 Å². The topological polar surface area (TPSA) is 82.6 Å². The van der Waals surface area contributed by atoms with E-state index in [1.807, 2.05) is 43.5 Å². The highest BCUT2D eigenvalue weighted by Gasteiger charge is 2.27. The molecule has 1 aromatic carbocycles. The predicted octanol–water partition coefficient (Wildman–Crippen LogP) is 1.97. The summed E-state index contributed by atoms with van der Waals surface area (Å²) in [4.78, 5) is 22.3. The summed E-state index contributed by atoms with van der Waals surface area (Å²) in [5, 5.41) is 6.96. The highest BCUT2D eigenvalue weighted by molar-refractivity contribution is 5.32. The van der Waals surface area contributed by atoms with E-state index in [0.717, 1.165) is 55.5 Å². The molecule has 0 bridgehead atoms. The first-order valence-corrected chi connectivity index (χ1v) is 8.66. The minimum absolute atomic E-state index is 0.181. The van der Waals surface area contributed by atoms with Crippen molar-refractivity contribution in [2.45, 2.75) is 32.2 Å². The Morgan fingerprint density at radius 2 is 2.12 bits per heavy atom. The fraction of sp³-hybridized carbons (Fsp3) is 0.389. The monoisotopic (exact) mass is 338 g/mol. The molecule has 7 heteroatoms. The maximum Gasteiger partial charge on any atom is 0.347 e. The van der Waals surface area contributed by atoms with Crippen LogP contribution in [-0.4, -0.2) is 42.7 Å². The van der Waals surface area contributed by atoms with Gasteiger partial charge in [-0.15, -0.1) is 0 Å². The van der Waals surface area contributed by atoms with Crippen LogP contribution in [0.5, 0.6) is 0 Å². The Labute approximate surface area is 145 Å². The third-order valence-corrected chi connectivity index (χ3v) is 4.71. The van der Waals surface area contributed by atoms with E-state index in [-0.39, 0.29) is 11.6 Å². The Morgan fingerprint density at radius 3 is 2.88 bits per heavy atom. The molecule has 1 atom stereocenters. The molecule has 0 spiro atoms. The van der Waals surface area contributed by atoms with Gasteiger partial charge in [0.1, 0.15) is 11.6 Å². The van der Waals surface area contributed by atoms with Crippen LogP contribution in [0.15, 0.2) is 41.3 Å². The molecule has 0 radical (unpaired) electrons.